The van der Waals surface area contributed by atoms with E-state index in [2.05, 4.69) is 16.0 Å². The molecule has 0 saturated carbocycles. The minimum Gasteiger partial charge on any atom is -0.478 e. The van der Waals surface area contributed by atoms with Crippen LogP contribution in [0.25, 0.3) is 0 Å². The summed E-state index contributed by atoms with van der Waals surface area (Å²) in [6.45, 7) is 2.03. The maximum absolute atomic E-state index is 11.0. The summed E-state index contributed by atoms with van der Waals surface area (Å²) in [5.41, 5.74) is 1.89. The van der Waals surface area contributed by atoms with Gasteiger partial charge in [-0.15, -0.1) is 11.8 Å². The molecule has 0 spiro atoms. The third-order valence-corrected chi connectivity index (χ3v) is 3.40. The molecule has 2 aromatic rings. The molecule has 5 heteroatoms. The van der Waals surface area contributed by atoms with E-state index in [1.165, 1.54) is 18.1 Å². The Morgan fingerprint density at radius 3 is 3.00 bits per heavy atom. The summed E-state index contributed by atoms with van der Waals surface area (Å²) in [4.78, 5) is 19.9. The Balaban J connectivity index is 2.13. The summed E-state index contributed by atoms with van der Waals surface area (Å²) < 4.78 is 0. The molecule has 0 unspecified atom stereocenters. The number of carboxylic acid groups (broad SMARTS) is 1. The van der Waals surface area contributed by atoms with Gasteiger partial charge in [0.25, 0.3) is 0 Å². The number of hydrogen-bond donors (Lipinski definition) is 1. The molecule has 18 heavy (non-hydrogen) atoms. The number of carbonyl (C=O) groups is 1. The number of benzene rings is 1. The van der Waals surface area contributed by atoms with Gasteiger partial charge < -0.3 is 5.11 Å². The van der Waals surface area contributed by atoms with Crippen molar-refractivity contribution < 1.29 is 9.90 Å². The molecule has 1 N–H and O–H groups in total. The van der Waals surface area contributed by atoms with Gasteiger partial charge in [-0.05, 0) is 19.1 Å². The Morgan fingerprint density at radius 2 is 2.28 bits per heavy atom. The van der Waals surface area contributed by atoms with Gasteiger partial charge in [0.1, 0.15) is 11.9 Å². The van der Waals surface area contributed by atoms with Gasteiger partial charge in [0.05, 0.1) is 5.69 Å². The number of thioether (sulfide) groups is 1. The lowest BCUT2D eigenvalue weighted by Gasteiger charge is -2.04. The van der Waals surface area contributed by atoms with Crippen LogP contribution in [0.5, 0.6) is 0 Å². The number of nitrogens with zero attached hydrogens (tertiary/aromatic N) is 2. The highest BCUT2D eigenvalue weighted by Crippen LogP contribution is 2.23. The summed E-state index contributed by atoms with van der Waals surface area (Å²) in [6.07, 6.45) is 2.71. The largest absolute Gasteiger partial charge is 0.478 e. The molecule has 0 bridgehead atoms. The van der Waals surface area contributed by atoms with E-state index in [0.29, 0.717) is 11.4 Å². The number of aromatic carboxylic acids is 1. The Morgan fingerprint density at radius 1 is 1.44 bits per heavy atom. The Hall–Kier alpha value is -1.88. The van der Waals surface area contributed by atoms with Crippen LogP contribution in [-0.4, -0.2) is 21.0 Å². The fraction of sp³-hybridized carbons (Fsp3) is 0.154. The van der Waals surface area contributed by atoms with Crippen LogP contribution >= 0.6 is 11.8 Å². The predicted octanol–water partition coefficient (Wildman–Crippen LogP) is 2.78. The highest BCUT2D eigenvalue weighted by atomic mass is 32.2. The van der Waals surface area contributed by atoms with Gasteiger partial charge in [0.15, 0.2) is 0 Å². The minimum absolute atomic E-state index is 0.164. The molecule has 0 aliphatic heterocycles. The van der Waals surface area contributed by atoms with Gasteiger partial charge in [0.2, 0.25) is 0 Å². The third kappa shape index (κ3) is 3.07. The zero-order valence-corrected chi connectivity index (χ0v) is 10.6. The molecule has 0 amide bonds. The van der Waals surface area contributed by atoms with Gasteiger partial charge in [-0.2, -0.15) is 0 Å². The number of aryl methyl sites for hydroxylation is 1. The molecule has 4 nitrogen and oxygen atoms in total. The molecule has 0 radical (unpaired) electrons. The van der Waals surface area contributed by atoms with Gasteiger partial charge in [0, 0.05) is 16.8 Å². The fourth-order valence-electron chi connectivity index (χ4n) is 1.51. The van der Waals surface area contributed by atoms with E-state index in [-0.39, 0.29) is 5.56 Å². The second-order valence-corrected chi connectivity index (χ2v) is 4.84. The minimum atomic E-state index is -0.990. The molecule has 1 aromatic heterocycles. The van der Waals surface area contributed by atoms with E-state index >= 15 is 0 Å². The average Bonchev–Trinajstić information content (AvgIpc) is 2.37. The topological polar surface area (TPSA) is 63.1 Å². The molecular formula is C13H12N2O2S. The monoisotopic (exact) mass is 260 g/mol. The van der Waals surface area contributed by atoms with E-state index in [1.54, 1.807) is 11.8 Å². The Labute approximate surface area is 109 Å². The van der Waals surface area contributed by atoms with E-state index in [4.69, 9.17) is 5.11 Å². The molecule has 0 fully saturated rings. The van der Waals surface area contributed by atoms with Crippen LogP contribution in [0.1, 0.15) is 21.6 Å². The first-order chi connectivity index (χ1) is 8.66. The quantitative estimate of drug-likeness (QED) is 0.856. The fourth-order valence-corrected chi connectivity index (χ4v) is 2.48. The summed E-state index contributed by atoms with van der Waals surface area (Å²) in [6, 6.07) is 8.07. The predicted molar refractivity (Wildman–Crippen MR) is 69.7 cm³/mol. The van der Waals surface area contributed by atoms with Crippen molar-refractivity contribution in [2.75, 3.05) is 0 Å². The SMILES string of the molecule is Cc1cccc(SCc2ncncc2C(=O)O)c1. The van der Waals surface area contributed by atoms with Crippen LogP contribution in [0.3, 0.4) is 0 Å². The summed E-state index contributed by atoms with van der Waals surface area (Å²) >= 11 is 1.57. The van der Waals surface area contributed by atoms with Crippen LogP contribution < -0.4 is 0 Å². The van der Waals surface area contributed by atoms with Crippen molar-refractivity contribution in [3.8, 4) is 0 Å². The second kappa shape index (κ2) is 5.64. The number of rotatable bonds is 4. The Kier molecular flexibility index (Phi) is 3.94. The van der Waals surface area contributed by atoms with Crippen molar-refractivity contribution in [1.82, 2.24) is 9.97 Å². The summed E-state index contributed by atoms with van der Waals surface area (Å²) in [7, 11) is 0. The first-order valence-electron chi connectivity index (χ1n) is 5.38. The summed E-state index contributed by atoms with van der Waals surface area (Å²) in [5.74, 6) is -0.469. The molecule has 1 aromatic carbocycles. The van der Waals surface area contributed by atoms with E-state index in [9.17, 15) is 4.79 Å². The van der Waals surface area contributed by atoms with E-state index in [0.717, 1.165) is 4.90 Å². The number of aromatic nitrogens is 2. The summed E-state index contributed by atoms with van der Waals surface area (Å²) in [5, 5.41) is 9.02. The van der Waals surface area contributed by atoms with Crippen LogP contribution in [0.15, 0.2) is 41.7 Å². The standard InChI is InChI=1S/C13H12N2O2S/c1-9-3-2-4-10(5-9)18-7-12-11(13(16)17)6-14-8-15-12/h2-6,8H,7H2,1H3,(H,16,17). The normalized spacial score (nSPS) is 10.3. The van der Waals surface area contributed by atoms with E-state index < -0.39 is 5.97 Å². The number of carboxylic acids is 1. The molecule has 0 saturated heterocycles. The molecule has 2 rings (SSSR count). The van der Waals surface area contributed by atoms with Crippen LogP contribution in [0, 0.1) is 6.92 Å². The third-order valence-electron chi connectivity index (χ3n) is 2.39. The van der Waals surface area contributed by atoms with Crippen LogP contribution in [0.2, 0.25) is 0 Å². The Bertz CT molecular complexity index is 572. The lowest BCUT2D eigenvalue weighted by Crippen LogP contribution is -2.04. The number of hydrogen-bond acceptors (Lipinski definition) is 4. The molecular weight excluding hydrogens is 248 g/mol. The lowest BCUT2D eigenvalue weighted by molar-refractivity contribution is 0.0695. The van der Waals surface area contributed by atoms with Crippen LogP contribution in [-0.2, 0) is 5.75 Å². The lowest BCUT2D eigenvalue weighted by atomic mass is 10.2. The highest BCUT2D eigenvalue weighted by molar-refractivity contribution is 7.98. The van der Waals surface area contributed by atoms with Gasteiger partial charge in [-0.25, -0.2) is 14.8 Å². The van der Waals surface area contributed by atoms with E-state index in [1.807, 2.05) is 25.1 Å². The van der Waals surface area contributed by atoms with Crippen molar-refractivity contribution in [1.29, 1.82) is 0 Å². The van der Waals surface area contributed by atoms with Crippen molar-refractivity contribution >= 4 is 17.7 Å². The smallest absolute Gasteiger partial charge is 0.339 e. The van der Waals surface area contributed by atoms with Crippen molar-refractivity contribution in [2.24, 2.45) is 0 Å². The van der Waals surface area contributed by atoms with Crippen molar-refractivity contribution in [3.05, 3.63) is 53.6 Å². The van der Waals surface area contributed by atoms with Crippen molar-refractivity contribution in [2.45, 2.75) is 17.6 Å². The second-order valence-electron chi connectivity index (χ2n) is 3.79. The van der Waals surface area contributed by atoms with Gasteiger partial charge >= 0.3 is 5.97 Å². The van der Waals surface area contributed by atoms with Crippen molar-refractivity contribution in [3.63, 3.8) is 0 Å². The van der Waals surface area contributed by atoms with Crippen LogP contribution in [0.4, 0.5) is 0 Å². The molecule has 0 aliphatic carbocycles. The zero-order valence-electron chi connectivity index (χ0n) is 9.83. The first-order valence-corrected chi connectivity index (χ1v) is 6.37. The molecule has 0 aliphatic rings. The maximum Gasteiger partial charge on any atom is 0.339 e. The highest BCUT2D eigenvalue weighted by Gasteiger charge is 2.11. The zero-order chi connectivity index (χ0) is 13.0. The molecule has 92 valence electrons. The van der Waals surface area contributed by atoms with Gasteiger partial charge in [-0.3, -0.25) is 0 Å². The molecule has 1 heterocycles. The van der Waals surface area contributed by atoms with Gasteiger partial charge in [-0.1, -0.05) is 17.7 Å². The molecule has 0 atom stereocenters. The average molecular weight is 260 g/mol. The first kappa shape index (κ1) is 12.6. The maximum atomic E-state index is 11.0.